The molecule has 0 bridgehead atoms. The van der Waals surface area contributed by atoms with Crippen LogP contribution < -0.4 is 10.1 Å². The van der Waals surface area contributed by atoms with Crippen LogP contribution >= 0.6 is 0 Å². The molecule has 4 heteroatoms. The summed E-state index contributed by atoms with van der Waals surface area (Å²) in [4.78, 5) is 4.26. The van der Waals surface area contributed by atoms with E-state index in [4.69, 9.17) is 9.15 Å². The average molecular weight is 218 g/mol. The van der Waals surface area contributed by atoms with Gasteiger partial charge in [-0.25, -0.2) is 4.98 Å². The maximum atomic E-state index is 5.89. The van der Waals surface area contributed by atoms with E-state index in [9.17, 15) is 0 Å². The summed E-state index contributed by atoms with van der Waals surface area (Å²) >= 11 is 0. The van der Waals surface area contributed by atoms with Gasteiger partial charge in [-0.15, -0.1) is 0 Å². The van der Waals surface area contributed by atoms with Gasteiger partial charge in [-0.3, -0.25) is 0 Å². The molecule has 0 radical (unpaired) electrons. The van der Waals surface area contributed by atoms with Gasteiger partial charge in [0, 0.05) is 12.7 Å². The number of pyridine rings is 1. The summed E-state index contributed by atoms with van der Waals surface area (Å²) in [5.74, 6) is 0.681. The molecule has 1 atom stereocenters. The van der Waals surface area contributed by atoms with Gasteiger partial charge in [0.15, 0.2) is 0 Å². The molecule has 1 aliphatic heterocycles. The molecule has 3 rings (SSSR count). The van der Waals surface area contributed by atoms with E-state index in [0.717, 1.165) is 36.9 Å². The maximum absolute atomic E-state index is 5.89. The van der Waals surface area contributed by atoms with Crippen molar-refractivity contribution in [3.05, 3.63) is 24.6 Å². The molecule has 16 heavy (non-hydrogen) atoms. The van der Waals surface area contributed by atoms with Crippen molar-refractivity contribution in [2.45, 2.75) is 18.9 Å². The third-order valence-corrected chi connectivity index (χ3v) is 2.87. The largest absolute Gasteiger partial charge is 0.472 e. The SMILES string of the molecule is c1cc2occc2c(OC2CCCNC2)n1. The molecular weight excluding hydrogens is 204 g/mol. The first-order valence-electron chi connectivity index (χ1n) is 5.63. The summed E-state index contributed by atoms with van der Waals surface area (Å²) in [5, 5.41) is 4.27. The van der Waals surface area contributed by atoms with Crippen LogP contribution in [0.2, 0.25) is 0 Å². The Morgan fingerprint density at radius 2 is 2.44 bits per heavy atom. The third-order valence-electron chi connectivity index (χ3n) is 2.87. The summed E-state index contributed by atoms with van der Waals surface area (Å²) < 4.78 is 11.2. The predicted octanol–water partition coefficient (Wildman–Crippen LogP) is 1.96. The average Bonchev–Trinajstić information content (AvgIpc) is 2.80. The van der Waals surface area contributed by atoms with Crippen LogP contribution in [0.4, 0.5) is 0 Å². The number of nitrogens with zero attached hydrogens (tertiary/aromatic N) is 1. The zero-order valence-corrected chi connectivity index (χ0v) is 8.98. The smallest absolute Gasteiger partial charge is 0.224 e. The summed E-state index contributed by atoms with van der Waals surface area (Å²) in [6.07, 6.45) is 5.85. The molecule has 84 valence electrons. The van der Waals surface area contributed by atoms with Crippen LogP contribution in [0, 0.1) is 0 Å². The van der Waals surface area contributed by atoms with Gasteiger partial charge in [0.25, 0.3) is 0 Å². The van der Waals surface area contributed by atoms with E-state index in [1.54, 1.807) is 12.5 Å². The van der Waals surface area contributed by atoms with E-state index in [-0.39, 0.29) is 6.10 Å². The number of fused-ring (bicyclic) bond motifs is 1. The second-order valence-electron chi connectivity index (χ2n) is 4.03. The molecule has 0 spiro atoms. The van der Waals surface area contributed by atoms with Gasteiger partial charge in [0.1, 0.15) is 11.7 Å². The van der Waals surface area contributed by atoms with Crippen molar-refractivity contribution in [2.24, 2.45) is 0 Å². The summed E-state index contributed by atoms with van der Waals surface area (Å²) in [6, 6.07) is 3.75. The Morgan fingerprint density at radius 1 is 1.44 bits per heavy atom. The minimum atomic E-state index is 0.224. The third kappa shape index (κ3) is 1.76. The Hall–Kier alpha value is -1.55. The highest BCUT2D eigenvalue weighted by molar-refractivity contribution is 5.81. The predicted molar refractivity (Wildman–Crippen MR) is 60.5 cm³/mol. The van der Waals surface area contributed by atoms with Crippen LogP contribution in [-0.2, 0) is 0 Å². The van der Waals surface area contributed by atoms with Crippen molar-refractivity contribution >= 4 is 11.0 Å². The molecule has 0 saturated carbocycles. The molecule has 2 aromatic rings. The fourth-order valence-corrected chi connectivity index (χ4v) is 2.04. The molecule has 0 amide bonds. The number of ether oxygens (including phenoxy) is 1. The topological polar surface area (TPSA) is 47.3 Å². The van der Waals surface area contributed by atoms with Gasteiger partial charge in [-0.05, 0) is 31.5 Å². The molecular formula is C12H14N2O2. The van der Waals surface area contributed by atoms with E-state index in [1.807, 2.05) is 12.1 Å². The van der Waals surface area contributed by atoms with Gasteiger partial charge in [-0.1, -0.05) is 0 Å². The number of hydrogen-bond acceptors (Lipinski definition) is 4. The number of rotatable bonds is 2. The van der Waals surface area contributed by atoms with Gasteiger partial charge in [0.05, 0.1) is 11.6 Å². The fourth-order valence-electron chi connectivity index (χ4n) is 2.04. The molecule has 4 nitrogen and oxygen atoms in total. The normalized spacial score (nSPS) is 21.1. The molecule has 1 fully saturated rings. The van der Waals surface area contributed by atoms with E-state index >= 15 is 0 Å². The van der Waals surface area contributed by atoms with Crippen LogP contribution in [0.5, 0.6) is 5.88 Å². The Labute approximate surface area is 93.6 Å². The lowest BCUT2D eigenvalue weighted by atomic mass is 10.1. The van der Waals surface area contributed by atoms with E-state index in [0.29, 0.717) is 5.88 Å². The van der Waals surface area contributed by atoms with Crippen LogP contribution in [0.25, 0.3) is 11.0 Å². The molecule has 0 aliphatic carbocycles. The van der Waals surface area contributed by atoms with Crippen molar-refractivity contribution in [3.63, 3.8) is 0 Å². The van der Waals surface area contributed by atoms with Gasteiger partial charge in [0.2, 0.25) is 5.88 Å². The van der Waals surface area contributed by atoms with Crippen molar-refractivity contribution in [2.75, 3.05) is 13.1 Å². The highest BCUT2D eigenvalue weighted by Crippen LogP contribution is 2.25. The molecule has 2 aromatic heterocycles. The lowest BCUT2D eigenvalue weighted by molar-refractivity contribution is 0.163. The van der Waals surface area contributed by atoms with Gasteiger partial charge >= 0.3 is 0 Å². The van der Waals surface area contributed by atoms with E-state index < -0.39 is 0 Å². The Balaban J connectivity index is 1.85. The number of piperidine rings is 1. The number of furan rings is 1. The minimum Gasteiger partial charge on any atom is -0.472 e. The Kier molecular flexibility index (Phi) is 2.50. The summed E-state index contributed by atoms with van der Waals surface area (Å²) in [5.41, 5.74) is 0.828. The summed E-state index contributed by atoms with van der Waals surface area (Å²) in [7, 11) is 0. The molecule has 1 saturated heterocycles. The number of hydrogen-bond donors (Lipinski definition) is 1. The monoisotopic (exact) mass is 218 g/mol. The maximum Gasteiger partial charge on any atom is 0.224 e. The van der Waals surface area contributed by atoms with E-state index in [1.165, 1.54) is 0 Å². The molecule has 0 aromatic carbocycles. The highest BCUT2D eigenvalue weighted by Gasteiger charge is 2.16. The standard InChI is InChI=1S/C12H14N2O2/c1-2-9(8-13-5-1)16-12-10-4-7-15-11(10)3-6-14-12/h3-4,6-7,9,13H,1-2,5,8H2. The van der Waals surface area contributed by atoms with Crippen LogP contribution in [0.3, 0.4) is 0 Å². The minimum absolute atomic E-state index is 0.224. The zero-order chi connectivity index (χ0) is 10.8. The Morgan fingerprint density at radius 3 is 3.31 bits per heavy atom. The first-order valence-corrected chi connectivity index (χ1v) is 5.63. The first kappa shape index (κ1) is 9.66. The van der Waals surface area contributed by atoms with Crippen molar-refractivity contribution in [1.29, 1.82) is 0 Å². The number of aromatic nitrogens is 1. The molecule has 1 unspecified atom stereocenters. The quantitative estimate of drug-likeness (QED) is 0.837. The van der Waals surface area contributed by atoms with Crippen LogP contribution in [0.1, 0.15) is 12.8 Å². The fraction of sp³-hybridized carbons (Fsp3) is 0.417. The van der Waals surface area contributed by atoms with Gasteiger partial charge < -0.3 is 14.5 Å². The number of nitrogens with one attached hydrogen (secondary N) is 1. The molecule has 1 aliphatic rings. The lowest BCUT2D eigenvalue weighted by Gasteiger charge is -2.23. The lowest BCUT2D eigenvalue weighted by Crippen LogP contribution is -2.37. The second kappa shape index (κ2) is 4.14. The zero-order valence-electron chi connectivity index (χ0n) is 8.98. The molecule has 3 heterocycles. The van der Waals surface area contributed by atoms with Crippen LogP contribution in [-0.4, -0.2) is 24.2 Å². The first-order chi connectivity index (χ1) is 7.93. The van der Waals surface area contributed by atoms with Crippen molar-refractivity contribution in [3.8, 4) is 5.88 Å². The van der Waals surface area contributed by atoms with Gasteiger partial charge in [-0.2, -0.15) is 0 Å². The second-order valence-corrected chi connectivity index (χ2v) is 4.03. The van der Waals surface area contributed by atoms with E-state index in [2.05, 4.69) is 10.3 Å². The van der Waals surface area contributed by atoms with Crippen molar-refractivity contribution in [1.82, 2.24) is 10.3 Å². The van der Waals surface area contributed by atoms with Crippen molar-refractivity contribution < 1.29 is 9.15 Å². The highest BCUT2D eigenvalue weighted by atomic mass is 16.5. The molecule has 1 N–H and O–H groups in total. The summed E-state index contributed by atoms with van der Waals surface area (Å²) in [6.45, 7) is 1.99. The van der Waals surface area contributed by atoms with Crippen LogP contribution in [0.15, 0.2) is 29.0 Å². The Bertz CT molecular complexity index is 475.